The van der Waals surface area contributed by atoms with Crippen LogP contribution in [0.4, 0.5) is 5.95 Å². The van der Waals surface area contributed by atoms with E-state index < -0.39 is 0 Å². The van der Waals surface area contributed by atoms with E-state index in [2.05, 4.69) is 32.3 Å². The molecule has 6 nitrogen and oxygen atoms in total. The van der Waals surface area contributed by atoms with Gasteiger partial charge in [-0.25, -0.2) is 0 Å². The summed E-state index contributed by atoms with van der Waals surface area (Å²) < 4.78 is 5.49. The van der Waals surface area contributed by atoms with Gasteiger partial charge in [-0.1, -0.05) is 0 Å². The van der Waals surface area contributed by atoms with Crippen molar-refractivity contribution in [3.63, 3.8) is 0 Å². The molecule has 0 aliphatic carbocycles. The quantitative estimate of drug-likeness (QED) is 0.852. The molecule has 106 valence electrons. The first-order valence-corrected chi connectivity index (χ1v) is 7.95. The largest absolute Gasteiger partial charge is 0.337 e. The molecule has 2 saturated heterocycles. The molecule has 2 fully saturated rings. The van der Waals surface area contributed by atoms with Crippen LogP contribution in [0.2, 0.25) is 0 Å². The zero-order valence-electron chi connectivity index (χ0n) is 11.5. The molecule has 0 aromatic carbocycles. The van der Waals surface area contributed by atoms with Gasteiger partial charge in [0.05, 0.1) is 5.92 Å². The van der Waals surface area contributed by atoms with Crippen molar-refractivity contribution in [1.29, 1.82) is 0 Å². The molecule has 7 heteroatoms. The molecule has 0 bridgehead atoms. The first-order valence-electron chi connectivity index (χ1n) is 6.80. The molecule has 3 rings (SSSR count). The lowest BCUT2D eigenvalue weighted by Crippen LogP contribution is -2.45. The summed E-state index contributed by atoms with van der Waals surface area (Å²) in [6.45, 7) is 4.07. The Morgan fingerprint density at radius 2 is 2.05 bits per heavy atom. The van der Waals surface area contributed by atoms with Gasteiger partial charge in [-0.2, -0.15) is 16.7 Å². The van der Waals surface area contributed by atoms with Crippen LogP contribution in [0.5, 0.6) is 0 Å². The van der Waals surface area contributed by atoms with Crippen molar-refractivity contribution < 1.29 is 4.52 Å². The molecule has 0 amide bonds. The van der Waals surface area contributed by atoms with Gasteiger partial charge in [-0.3, -0.25) is 0 Å². The van der Waals surface area contributed by atoms with Crippen molar-refractivity contribution in [2.45, 2.75) is 12.0 Å². The molecular formula is C12H21N5OS. The Hall–Kier alpha value is -0.790. The van der Waals surface area contributed by atoms with Crippen LogP contribution in [0.15, 0.2) is 4.52 Å². The number of piperazine rings is 1. The molecule has 0 saturated carbocycles. The Morgan fingerprint density at radius 1 is 1.26 bits per heavy atom. The molecule has 3 heterocycles. The predicted octanol–water partition coefficient (Wildman–Crippen LogP) is 0.240. The van der Waals surface area contributed by atoms with Crippen LogP contribution in [-0.4, -0.2) is 72.9 Å². The number of rotatable bonds is 3. The second kappa shape index (κ2) is 5.68. The smallest absolute Gasteiger partial charge is 0.266 e. The third-order valence-corrected chi connectivity index (χ3v) is 5.18. The zero-order chi connectivity index (χ0) is 13.2. The standard InChI is InChI=1S/C12H21N5OS/c1-13-10-8-19-7-9(10)11-14-12(15-18-11)17-5-3-16(2)4-6-17/h9-10,13H,3-8H2,1-2H3. The minimum atomic E-state index is 0.351. The second-order valence-corrected chi connectivity index (χ2v) is 6.34. The molecule has 1 aromatic rings. The van der Waals surface area contributed by atoms with Gasteiger partial charge in [0.1, 0.15) is 0 Å². The van der Waals surface area contributed by atoms with Crippen molar-refractivity contribution in [2.24, 2.45) is 0 Å². The van der Waals surface area contributed by atoms with Gasteiger partial charge in [0.15, 0.2) is 0 Å². The SMILES string of the molecule is CNC1CSCC1c1nc(N2CCN(C)CC2)no1. The number of hydrogen-bond acceptors (Lipinski definition) is 7. The van der Waals surface area contributed by atoms with E-state index in [0.29, 0.717) is 12.0 Å². The number of nitrogens with one attached hydrogen (secondary N) is 1. The highest BCUT2D eigenvalue weighted by Crippen LogP contribution is 2.32. The van der Waals surface area contributed by atoms with E-state index in [9.17, 15) is 0 Å². The lowest BCUT2D eigenvalue weighted by atomic mass is 10.0. The van der Waals surface area contributed by atoms with Crippen molar-refractivity contribution in [3.05, 3.63) is 5.89 Å². The Bertz CT molecular complexity index is 418. The number of hydrogen-bond donors (Lipinski definition) is 1. The average Bonchev–Trinajstić information content (AvgIpc) is 3.07. The first-order chi connectivity index (χ1) is 9.28. The normalized spacial score (nSPS) is 29.1. The topological polar surface area (TPSA) is 57.4 Å². The fourth-order valence-electron chi connectivity index (χ4n) is 2.59. The van der Waals surface area contributed by atoms with Gasteiger partial charge >= 0.3 is 0 Å². The molecule has 1 aromatic heterocycles. The molecule has 2 aliphatic rings. The van der Waals surface area contributed by atoms with Crippen molar-refractivity contribution in [3.8, 4) is 0 Å². The zero-order valence-corrected chi connectivity index (χ0v) is 12.3. The van der Waals surface area contributed by atoms with Gasteiger partial charge in [-0.05, 0) is 19.3 Å². The number of aromatic nitrogens is 2. The maximum absolute atomic E-state index is 5.49. The van der Waals surface area contributed by atoms with Crippen LogP contribution >= 0.6 is 11.8 Å². The Balaban J connectivity index is 1.69. The Morgan fingerprint density at radius 3 is 2.79 bits per heavy atom. The van der Waals surface area contributed by atoms with E-state index in [1.807, 2.05) is 18.8 Å². The average molecular weight is 283 g/mol. The van der Waals surface area contributed by atoms with Crippen LogP contribution in [0.1, 0.15) is 11.8 Å². The molecule has 2 aliphatic heterocycles. The molecule has 0 radical (unpaired) electrons. The van der Waals surface area contributed by atoms with Gasteiger partial charge in [-0.15, -0.1) is 0 Å². The summed E-state index contributed by atoms with van der Waals surface area (Å²) >= 11 is 1.94. The summed E-state index contributed by atoms with van der Waals surface area (Å²) in [5.74, 6) is 4.08. The summed E-state index contributed by atoms with van der Waals surface area (Å²) in [6, 6.07) is 0.450. The van der Waals surface area contributed by atoms with E-state index in [0.717, 1.165) is 49.5 Å². The van der Waals surface area contributed by atoms with Crippen molar-refractivity contribution >= 4 is 17.7 Å². The fraction of sp³-hybridized carbons (Fsp3) is 0.833. The monoisotopic (exact) mass is 283 g/mol. The molecule has 2 unspecified atom stereocenters. The maximum atomic E-state index is 5.49. The van der Waals surface area contributed by atoms with Gasteiger partial charge < -0.3 is 19.6 Å². The van der Waals surface area contributed by atoms with Gasteiger partial charge in [0, 0.05) is 43.7 Å². The molecule has 19 heavy (non-hydrogen) atoms. The number of nitrogens with zero attached hydrogens (tertiary/aromatic N) is 4. The minimum Gasteiger partial charge on any atom is -0.337 e. The summed E-state index contributed by atoms with van der Waals surface area (Å²) in [6.07, 6.45) is 0. The minimum absolute atomic E-state index is 0.351. The van der Waals surface area contributed by atoms with Crippen molar-refractivity contribution in [1.82, 2.24) is 20.4 Å². The highest BCUT2D eigenvalue weighted by atomic mass is 32.2. The van der Waals surface area contributed by atoms with E-state index in [1.54, 1.807) is 0 Å². The Kier molecular flexibility index (Phi) is 3.95. The predicted molar refractivity (Wildman–Crippen MR) is 76.9 cm³/mol. The van der Waals surface area contributed by atoms with Crippen LogP contribution in [-0.2, 0) is 0 Å². The van der Waals surface area contributed by atoms with Crippen LogP contribution in [0, 0.1) is 0 Å². The fourth-order valence-corrected chi connectivity index (χ4v) is 4.01. The van der Waals surface area contributed by atoms with Gasteiger partial charge in [0.2, 0.25) is 5.89 Å². The second-order valence-electron chi connectivity index (χ2n) is 5.26. The lowest BCUT2D eigenvalue weighted by molar-refractivity contribution is 0.307. The van der Waals surface area contributed by atoms with E-state index >= 15 is 0 Å². The number of likely N-dealkylation sites (N-methyl/N-ethyl adjacent to an activating group) is 2. The summed E-state index contributed by atoms with van der Waals surface area (Å²) in [5.41, 5.74) is 0. The van der Waals surface area contributed by atoms with Crippen LogP contribution < -0.4 is 10.2 Å². The van der Waals surface area contributed by atoms with Crippen LogP contribution in [0.25, 0.3) is 0 Å². The molecule has 2 atom stereocenters. The summed E-state index contributed by atoms with van der Waals surface area (Å²) in [5, 5.41) is 7.50. The summed E-state index contributed by atoms with van der Waals surface area (Å²) in [7, 11) is 4.15. The van der Waals surface area contributed by atoms with E-state index in [-0.39, 0.29) is 0 Å². The van der Waals surface area contributed by atoms with Crippen molar-refractivity contribution in [2.75, 3.05) is 56.7 Å². The lowest BCUT2D eigenvalue weighted by Gasteiger charge is -2.31. The number of thioether (sulfide) groups is 1. The third-order valence-electron chi connectivity index (χ3n) is 3.99. The van der Waals surface area contributed by atoms with E-state index in [4.69, 9.17) is 4.52 Å². The van der Waals surface area contributed by atoms with Crippen LogP contribution in [0.3, 0.4) is 0 Å². The maximum Gasteiger partial charge on any atom is 0.266 e. The highest BCUT2D eigenvalue weighted by Gasteiger charge is 2.33. The molecule has 1 N–H and O–H groups in total. The highest BCUT2D eigenvalue weighted by molar-refractivity contribution is 7.99. The Labute approximate surface area is 117 Å². The first kappa shape index (κ1) is 13.2. The van der Waals surface area contributed by atoms with Gasteiger partial charge in [0.25, 0.3) is 5.95 Å². The van der Waals surface area contributed by atoms with E-state index in [1.165, 1.54) is 0 Å². The third kappa shape index (κ3) is 2.73. The molecule has 0 spiro atoms. The molecular weight excluding hydrogens is 262 g/mol. The number of anilines is 1. The summed E-state index contributed by atoms with van der Waals surface area (Å²) in [4.78, 5) is 9.15.